The van der Waals surface area contributed by atoms with Gasteiger partial charge in [-0.25, -0.2) is 0 Å². The van der Waals surface area contributed by atoms with Crippen LogP contribution in [-0.4, -0.2) is 132 Å². The van der Waals surface area contributed by atoms with E-state index in [1.54, 1.807) is 7.05 Å². The van der Waals surface area contributed by atoms with Gasteiger partial charge < -0.3 is 72.5 Å². The van der Waals surface area contributed by atoms with E-state index >= 15 is 0 Å². The van der Waals surface area contributed by atoms with E-state index in [2.05, 4.69) is 16.0 Å². The second-order valence-corrected chi connectivity index (χ2v) is 13.9. The minimum atomic E-state index is -1.41. The summed E-state index contributed by atoms with van der Waals surface area (Å²) >= 11 is 0. The van der Waals surface area contributed by atoms with Gasteiger partial charge >= 0.3 is 0 Å². The van der Waals surface area contributed by atoms with Gasteiger partial charge in [0, 0.05) is 12.1 Å². The van der Waals surface area contributed by atoms with Crippen LogP contribution in [0.25, 0.3) is 0 Å². The van der Waals surface area contributed by atoms with Crippen LogP contribution in [0.3, 0.4) is 0 Å². The van der Waals surface area contributed by atoms with E-state index in [9.17, 15) is 25.2 Å². The highest BCUT2D eigenvalue weighted by Gasteiger charge is 2.52. The number of rotatable bonds is 12. The van der Waals surface area contributed by atoms with Crippen molar-refractivity contribution in [3.05, 3.63) is 11.8 Å². The van der Waals surface area contributed by atoms with Crippen LogP contribution in [0.1, 0.15) is 51.9 Å². The number of aliphatic hydroxyl groups excluding tert-OH is 3. The zero-order valence-electron chi connectivity index (χ0n) is 26.3. The lowest BCUT2D eigenvalue weighted by molar-refractivity contribution is -0.304. The first-order chi connectivity index (χ1) is 21.4. The number of hydrogen-bond donors (Lipinski definition) is 10. The van der Waals surface area contributed by atoms with E-state index < -0.39 is 78.8 Å². The van der Waals surface area contributed by atoms with Crippen molar-refractivity contribution in [2.24, 2.45) is 29.0 Å². The predicted octanol–water partition coefficient (Wildman–Crippen LogP) is -3.16. The summed E-state index contributed by atoms with van der Waals surface area (Å²) in [5.41, 5.74) is 17.4. The third kappa shape index (κ3) is 7.99. The van der Waals surface area contributed by atoms with Crippen molar-refractivity contribution in [3.63, 3.8) is 0 Å². The van der Waals surface area contributed by atoms with E-state index in [1.807, 2.05) is 6.08 Å². The molecule has 0 aromatic carbocycles. The van der Waals surface area contributed by atoms with Crippen LogP contribution in [0.2, 0.25) is 0 Å². The number of hydrogen-bond acceptors (Lipinski definition) is 14. The highest BCUT2D eigenvalue weighted by molar-refractivity contribution is 5.81. The Labute approximate surface area is 264 Å². The average molecular weight is 643 g/mol. The molecule has 0 radical (unpaired) electrons. The third-order valence-corrected chi connectivity index (χ3v) is 10.2. The molecule has 1 saturated heterocycles. The highest BCUT2D eigenvalue weighted by atomic mass is 16.7. The summed E-state index contributed by atoms with van der Waals surface area (Å²) in [5.74, 6) is 0.519. The first kappa shape index (κ1) is 34.9. The quantitative estimate of drug-likeness (QED) is 0.101. The maximum Gasteiger partial charge on any atom is 0.249 e. The van der Waals surface area contributed by atoms with Gasteiger partial charge in [0.2, 0.25) is 12.2 Å². The number of amides is 1. The summed E-state index contributed by atoms with van der Waals surface area (Å²) in [6, 6.07) is -2.64. The molecule has 3 saturated carbocycles. The second-order valence-electron chi connectivity index (χ2n) is 13.9. The fourth-order valence-electron chi connectivity index (χ4n) is 7.11. The fourth-order valence-corrected chi connectivity index (χ4v) is 7.11. The van der Waals surface area contributed by atoms with Gasteiger partial charge in [-0.3, -0.25) is 4.79 Å². The molecule has 15 nitrogen and oxygen atoms in total. The van der Waals surface area contributed by atoms with Crippen LogP contribution >= 0.6 is 0 Å². The Morgan fingerprint density at radius 2 is 1.80 bits per heavy atom. The summed E-state index contributed by atoms with van der Waals surface area (Å²) in [6.45, 7) is 2.71. The van der Waals surface area contributed by atoms with Gasteiger partial charge in [-0.2, -0.15) is 0 Å². The highest BCUT2D eigenvalue weighted by Crippen LogP contribution is 2.33. The van der Waals surface area contributed by atoms with Crippen LogP contribution in [-0.2, 0) is 23.7 Å². The Hall–Kier alpha value is -1.47. The van der Waals surface area contributed by atoms with Crippen molar-refractivity contribution in [1.29, 1.82) is 0 Å². The van der Waals surface area contributed by atoms with E-state index in [0.717, 1.165) is 38.6 Å². The fraction of sp³-hybridized carbons (Fsp3) is 0.900. The molecule has 4 fully saturated rings. The van der Waals surface area contributed by atoms with Crippen LogP contribution in [0.4, 0.5) is 0 Å². The van der Waals surface area contributed by atoms with E-state index in [1.165, 1.54) is 6.92 Å². The molecule has 3 aliphatic carbocycles. The Morgan fingerprint density at radius 1 is 1.09 bits per heavy atom. The van der Waals surface area contributed by atoms with Crippen molar-refractivity contribution in [3.8, 4) is 0 Å². The molecule has 45 heavy (non-hydrogen) atoms. The number of aliphatic hydroxyl groups is 4. The molecule has 1 unspecified atom stereocenters. The van der Waals surface area contributed by atoms with Gasteiger partial charge in [0.1, 0.15) is 41.9 Å². The molecule has 5 aliphatic rings. The van der Waals surface area contributed by atoms with Gasteiger partial charge in [-0.05, 0) is 77.0 Å². The van der Waals surface area contributed by atoms with Crippen molar-refractivity contribution in [2.75, 3.05) is 26.7 Å². The van der Waals surface area contributed by atoms with E-state index in [0.29, 0.717) is 24.6 Å². The monoisotopic (exact) mass is 642 g/mol. The van der Waals surface area contributed by atoms with Crippen molar-refractivity contribution < 1.29 is 44.2 Å². The molecule has 2 aliphatic heterocycles. The number of nitrogens with one attached hydrogen (secondary N) is 3. The van der Waals surface area contributed by atoms with Gasteiger partial charge in [-0.1, -0.05) is 6.42 Å². The molecule has 258 valence electrons. The van der Waals surface area contributed by atoms with Crippen LogP contribution in [0, 0.1) is 11.8 Å². The van der Waals surface area contributed by atoms with Gasteiger partial charge in [0.25, 0.3) is 0 Å². The smallest absolute Gasteiger partial charge is 0.249 e. The lowest BCUT2D eigenvalue weighted by atomic mass is 9.80. The SMILES string of the molecule is CN[C@@H]1[C@@H](O)[C@@H](O[C@@H]2[C@@H](O)[C@H](O[C@H]3OC(CNCC4CC(N)C4)=CC[C@H]3N)[C@@H](N)C[C@H]2NC(=O)C(O)C2CCC2)OC[C@]1(C)O. The number of likely N-dealkylation sites (N-methyl/N-ethyl adjacent to an activating group) is 1. The zero-order valence-corrected chi connectivity index (χ0v) is 26.3. The average Bonchev–Trinajstić information content (AvgIpc) is 2.93. The Bertz CT molecular complexity index is 1030. The molecule has 0 aromatic heterocycles. The Kier molecular flexibility index (Phi) is 11.4. The van der Waals surface area contributed by atoms with E-state index in [-0.39, 0.29) is 25.0 Å². The number of carbonyl (C=O) groups excluding carboxylic acids is 1. The van der Waals surface area contributed by atoms with Gasteiger partial charge in [-0.15, -0.1) is 0 Å². The third-order valence-electron chi connectivity index (χ3n) is 10.2. The summed E-state index contributed by atoms with van der Waals surface area (Å²) < 4.78 is 24.2. The zero-order chi connectivity index (χ0) is 32.5. The minimum absolute atomic E-state index is 0.126. The first-order valence-corrected chi connectivity index (χ1v) is 16.4. The summed E-state index contributed by atoms with van der Waals surface area (Å²) in [5, 5.41) is 53.1. The summed E-state index contributed by atoms with van der Waals surface area (Å²) in [4.78, 5) is 13.0. The van der Waals surface area contributed by atoms with Crippen LogP contribution < -0.4 is 33.2 Å². The molecule has 0 spiro atoms. The molecule has 5 rings (SSSR count). The summed E-state index contributed by atoms with van der Waals surface area (Å²) in [7, 11) is 1.60. The maximum atomic E-state index is 13.0. The topological polar surface area (TPSA) is 249 Å². The van der Waals surface area contributed by atoms with Crippen LogP contribution in [0.15, 0.2) is 11.8 Å². The van der Waals surface area contributed by atoms with Crippen LogP contribution in [0.5, 0.6) is 0 Å². The first-order valence-electron chi connectivity index (χ1n) is 16.4. The lowest BCUT2D eigenvalue weighted by Crippen LogP contribution is -2.69. The molecule has 2 heterocycles. The van der Waals surface area contributed by atoms with Crippen molar-refractivity contribution in [1.82, 2.24) is 16.0 Å². The number of ether oxygens (including phenoxy) is 4. The molecule has 12 atom stereocenters. The molecule has 1 amide bonds. The second kappa shape index (κ2) is 14.7. The molecule has 15 heteroatoms. The predicted molar refractivity (Wildman–Crippen MR) is 162 cm³/mol. The van der Waals surface area contributed by atoms with Gasteiger partial charge in [0.05, 0.1) is 31.3 Å². The maximum absolute atomic E-state index is 13.0. The molecule has 0 aromatic rings. The summed E-state index contributed by atoms with van der Waals surface area (Å²) in [6.07, 6.45) is -1.23. The normalized spacial score (nSPS) is 44.6. The number of nitrogens with two attached hydrogens (primary N) is 3. The molecular formula is C30H54N6O9. The van der Waals surface area contributed by atoms with Crippen molar-refractivity contribution in [2.45, 2.75) is 131 Å². The van der Waals surface area contributed by atoms with Crippen molar-refractivity contribution >= 4 is 5.91 Å². The van der Waals surface area contributed by atoms with E-state index in [4.69, 9.17) is 36.1 Å². The largest absolute Gasteiger partial charge is 0.467 e. The Balaban J connectivity index is 1.26. The molecule has 0 bridgehead atoms. The van der Waals surface area contributed by atoms with Gasteiger partial charge in [0.15, 0.2) is 6.29 Å². The lowest BCUT2D eigenvalue weighted by Gasteiger charge is -2.49. The number of carbonyl (C=O) groups is 1. The molecular weight excluding hydrogens is 588 g/mol. The molecule has 13 N–H and O–H groups in total. The standard InChI is InChI=1S/C30H54N6O9/c1-30(41)13-42-29(23(39)26(30)34-2)45-25-20(36-27(40)21(37)15-4-3-5-15)10-19(33)24(22(25)38)44-28-18(32)7-6-17(43-28)12-35-11-14-8-16(31)9-14/h6,14-16,18-26,28-29,34-35,37-39,41H,3-5,7-13,31-33H2,1-2H3,(H,36,40)/t14?,16?,18-,19+,20-,21?,22+,23-,24-,25+,26-,28-,29-,30+/m1/s1. The Morgan fingerprint density at radius 3 is 2.44 bits per heavy atom. The minimum Gasteiger partial charge on any atom is -0.467 e.